The summed E-state index contributed by atoms with van der Waals surface area (Å²) in [6.07, 6.45) is 2.26. The number of ether oxygens (including phenoxy) is 1. The number of pyridine rings is 1. The predicted molar refractivity (Wildman–Crippen MR) is 55.7 cm³/mol. The van der Waals surface area contributed by atoms with Crippen LogP contribution in [-0.4, -0.2) is 29.1 Å². The molecule has 16 heavy (non-hydrogen) atoms. The number of aliphatic carboxylic acids is 1. The van der Waals surface area contributed by atoms with E-state index >= 15 is 0 Å². The molecule has 0 aromatic carbocycles. The molecule has 86 valence electrons. The average molecular weight is 223 g/mol. The number of aromatic nitrogens is 1. The molecule has 0 amide bonds. The van der Waals surface area contributed by atoms with E-state index in [0.717, 1.165) is 5.69 Å². The Labute approximate surface area is 93.1 Å². The molecule has 1 rings (SSSR count). The molecule has 5 nitrogen and oxygen atoms in total. The van der Waals surface area contributed by atoms with Crippen LogP contribution in [0.4, 0.5) is 0 Å². The monoisotopic (exact) mass is 223 g/mol. The van der Waals surface area contributed by atoms with Crippen molar-refractivity contribution in [3.05, 3.63) is 30.1 Å². The van der Waals surface area contributed by atoms with Crippen molar-refractivity contribution in [2.24, 2.45) is 5.92 Å². The van der Waals surface area contributed by atoms with Gasteiger partial charge in [-0.25, -0.2) is 0 Å². The van der Waals surface area contributed by atoms with E-state index in [1.165, 1.54) is 7.11 Å². The Morgan fingerprint density at radius 2 is 2.25 bits per heavy atom. The fourth-order valence-electron chi connectivity index (χ4n) is 1.32. The first-order chi connectivity index (χ1) is 7.65. The Bertz CT molecular complexity index is 364. The van der Waals surface area contributed by atoms with Crippen LogP contribution in [-0.2, 0) is 20.7 Å². The topological polar surface area (TPSA) is 76.5 Å². The Morgan fingerprint density at radius 1 is 1.50 bits per heavy atom. The molecule has 0 spiro atoms. The first-order valence-electron chi connectivity index (χ1n) is 4.85. The number of carboxylic acid groups (broad SMARTS) is 1. The first-order valence-corrected chi connectivity index (χ1v) is 4.85. The minimum atomic E-state index is -1.16. The molecular formula is C11H13NO4. The van der Waals surface area contributed by atoms with Gasteiger partial charge in [0.05, 0.1) is 7.11 Å². The van der Waals surface area contributed by atoms with Crippen LogP contribution in [0, 0.1) is 5.92 Å². The van der Waals surface area contributed by atoms with Crippen molar-refractivity contribution in [1.29, 1.82) is 0 Å². The highest BCUT2D eigenvalue weighted by atomic mass is 16.5. The number of carbonyl (C=O) groups is 2. The van der Waals surface area contributed by atoms with E-state index in [4.69, 9.17) is 5.11 Å². The van der Waals surface area contributed by atoms with Crippen LogP contribution < -0.4 is 0 Å². The largest absolute Gasteiger partial charge is 0.481 e. The van der Waals surface area contributed by atoms with E-state index < -0.39 is 17.9 Å². The quantitative estimate of drug-likeness (QED) is 0.592. The fraction of sp³-hybridized carbons (Fsp3) is 0.364. The SMILES string of the molecule is COC(=O)C(CCc1ccccn1)C(=O)O. The Balaban J connectivity index is 2.57. The third-order valence-electron chi connectivity index (χ3n) is 2.20. The molecule has 0 saturated heterocycles. The number of nitrogens with zero attached hydrogens (tertiary/aromatic N) is 1. The molecule has 0 fully saturated rings. The summed E-state index contributed by atoms with van der Waals surface area (Å²) in [6, 6.07) is 5.38. The highest BCUT2D eigenvalue weighted by Crippen LogP contribution is 2.10. The third-order valence-corrected chi connectivity index (χ3v) is 2.20. The van der Waals surface area contributed by atoms with Gasteiger partial charge in [0.2, 0.25) is 0 Å². The van der Waals surface area contributed by atoms with Crippen molar-refractivity contribution in [3.8, 4) is 0 Å². The van der Waals surface area contributed by atoms with Gasteiger partial charge in [0.1, 0.15) is 0 Å². The molecule has 1 N–H and O–H groups in total. The van der Waals surface area contributed by atoms with Crippen molar-refractivity contribution in [1.82, 2.24) is 4.98 Å². The summed E-state index contributed by atoms with van der Waals surface area (Å²) in [6.45, 7) is 0. The van der Waals surface area contributed by atoms with E-state index in [1.54, 1.807) is 18.3 Å². The van der Waals surface area contributed by atoms with Gasteiger partial charge in [0, 0.05) is 11.9 Å². The van der Waals surface area contributed by atoms with Crippen LogP contribution >= 0.6 is 0 Å². The minimum absolute atomic E-state index is 0.193. The van der Waals surface area contributed by atoms with Crippen LogP contribution in [0.5, 0.6) is 0 Å². The van der Waals surface area contributed by atoms with Crippen molar-refractivity contribution < 1.29 is 19.4 Å². The summed E-state index contributed by atoms with van der Waals surface area (Å²) < 4.78 is 4.42. The molecule has 0 radical (unpaired) electrons. The maximum absolute atomic E-state index is 11.2. The second-order valence-corrected chi connectivity index (χ2v) is 3.27. The van der Waals surface area contributed by atoms with Gasteiger partial charge in [0.15, 0.2) is 5.92 Å². The van der Waals surface area contributed by atoms with Gasteiger partial charge in [0.25, 0.3) is 0 Å². The molecule has 1 unspecified atom stereocenters. The van der Waals surface area contributed by atoms with Gasteiger partial charge in [-0.1, -0.05) is 6.07 Å². The van der Waals surface area contributed by atoms with Crippen molar-refractivity contribution >= 4 is 11.9 Å². The van der Waals surface area contributed by atoms with Gasteiger partial charge in [-0.15, -0.1) is 0 Å². The van der Waals surface area contributed by atoms with Crippen LogP contribution in [0.15, 0.2) is 24.4 Å². The molecule has 1 atom stereocenters. The van der Waals surface area contributed by atoms with E-state index in [1.807, 2.05) is 6.07 Å². The van der Waals surface area contributed by atoms with Crippen LogP contribution in [0.2, 0.25) is 0 Å². The molecule has 0 saturated carbocycles. The standard InChI is InChI=1S/C11H13NO4/c1-16-11(15)9(10(13)14)6-5-8-4-2-3-7-12-8/h2-4,7,9H,5-6H2,1H3,(H,13,14). The summed E-state index contributed by atoms with van der Waals surface area (Å²) >= 11 is 0. The Kier molecular flexibility index (Phi) is 4.44. The summed E-state index contributed by atoms with van der Waals surface area (Å²) in [5, 5.41) is 8.83. The van der Waals surface area contributed by atoms with Gasteiger partial charge < -0.3 is 9.84 Å². The first kappa shape index (κ1) is 12.2. The van der Waals surface area contributed by atoms with Crippen LogP contribution in [0.3, 0.4) is 0 Å². The molecule has 0 bridgehead atoms. The fourth-order valence-corrected chi connectivity index (χ4v) is 1.32. The van der Waals surface area contributed by atoms with E-state index in [-0.39, 0.29) is 6.42 Å². The predicted octanol–water partition coefficient (Wildman–Crippen LogP) is 0.888. The number of carboxylic acids is 1. The minimum Gasteiger partial charge on any atom is -0.481 e. The average Bonchev–Trinajstić information content (AvgIpc) is 2.30. The zero-order chi connectivity index (χ0) is 12.0. The van der Waals surface area contributed by atoms with Crippen molar-refractivity contribution in [3.63, 3.8) is 0 Å². The van der Waals surface area contributed by atoms with E-state index in [2.05, 4.69) is 9.72 Å². The molecule has 1 heterocycles. The van der Waals surface area contributed by atoms with Crippen molar-refractivity contribution in [2.75, 3.05) is 7.11 Å². The number of hydrogen-bond acceptors (Lipinski definition) is 4. The number of methoxy groups -OCH3 is 1. The van der Waals surface area contributed by atoms with E-state index in [9.17, 15) is 9.59 Å². The molecule has 1 aromatic rings. The molecular weight excluding hydrogens is 210 g/mol. The molecule has 5 heteroatoms. The zero-order valence-corrected chi connectivity index (χ0v) is 8.92. The number of carbonyl (C=O) groups excluding carboxylic acids is 1. The zero-order valence-electron chi connectivity index (χ0n) is 8.92. The van der Waals surface area contributed by atoms with E-state index in [0.29, 0.717) is 6.42 Å². The lowest BCUT2D eigenvalue weighted by Gasteiger charge is -2.09. The molecule has 0 aliphatic rings. The lowest BCUT2D eigenvalue weighted by molar-refractivity contribution is -0.156. The summed E-state index contributed by atoms with van der Waals surface area (Å²) in [5.74, 6) is -3.00. The second-order valence-electron chi connectivity index (χ2n) is 3.27. The molecule has 0 aliphatic heterocycles. The van der Waals surface area contributed by atoms with Crippen LogP contribution in [0.25, 0.3) is 0 Å². The normalized spacial score (nSPS) is 11.8. The second kappa shape index (κ2) is 5.85. The smallest absolute Gasteiger partial charge is 0.320 e. The maximum Gasteiger partial charge on any atom is 0.320 e. The van der Waals surface area contributed by atoms with Gasteiger partial charge in [-0.3, -0.25) is 14.6 Å². The van der Waals surface area contributed by atoms with Gasteiger partial charge in [-0.05, 0) is 25.0 Å². The highest BCUT2D eigenvalue weighted by Gasteiger charge is 2.26. The lowest BCUT2D eigenvalue weighted by atomic mass is 10.0. The number of esters is 1. The summed E-state index contributed by atoms with van der Waals surface area (Å²) in [5.41, 5.74) is 0.762. The summed E-state index contributed by atoms with van der Waals surface area (Å²) in [7, 11) is 1.18. The Hall–Kier alpha value is -1.91. The summed E-state index contributed by atoms with van der Waals surface area (Å²) in [4.78, 5) is 26.0. The number of hydrogen-bond donors (Lipinski definition) is 1. The Morgan fingerprint density at radius 3 is 2.75 bits per heavy atom. The molecule has 1 aromatic heterocycles. The highest BCUT2D eigenvalue weighted by molar-refractivity contribution is 5.93. The van der Waals surface area contributed by atoms with Gasteiger partial charge >= 0.3 is 11.9 Å². The number of rotatable bonds is 5. The van der Waals surface area contributed by atoms with Gasteiger partial charge in [-0.2, -0.15) is 0 Å². The lowest BCUT2D eigenvalue weighted by Crippen LogP contribution is -2.25. The number of aryl methyl sites for hydroxylation is 1. The van der Waals surface area contributed by atoms with Crippen molar-refractivity contribution in [2.45, 2.75) is 12.8 Å². The third kappa shape index (κ3) is 3.34. The molecule has 0 aliphatic carbocycles. The maximum atomic E-state index is 11.2. The van der Waals surface area contributed by atoms with Crippen LogP contribution in [0.1, 0.15) is 12.1 Å².